The number of fused-ring (bicyclic) bond motifs is 1. The van der Waals surface area contributed by atoms with Crippen molar-refractivity contribution in [2.45, 2.75) is 38.3 Å². The first kappa shape index (κ1) is 32.0. The van der Waals surface area contributed by atoms with Gasteiger partial charge in [0.2, 0.25) is 0 Å². The number of hydrogen-bond acceptors (Lipinski definition) is 8. The molecule has 220 valence electrons. The Labute approximate surface area is 221 Å². The largest absolute Gasteiger partial charge is 0.490 e. The van der Waals surface area contributed by atoms with Gasteiger partial charge in [0.15, 0.2) is 0 Å². The first-order valence-electron chi connectivity index (χ1n) is 11.4. The number of oxazole rings is 1. The lowest BCUT2D eigenvalue weighted by Crippen LogP contribution is -2.33. The number of carbonyl (C=O) groups excluding carboxylic acids is 2. The van der Waals surface area contributed by atoms with Crippen LogP contribution < -0.4 is 5.32 Å². The van der Waals surface area contributed by atoms with Crippen LogP contribution in [0.3, 0.4) is 0 Å². The molecule has 2 aliphatic rings. The Kier molecular flexibility index (Phi) is 11.0. The Morgan fingerprint density at radius 1 is 0.975 bits per heavy atom. The van der Waals surface area contributed by atoms with E-state index < -0.39 is 24.3 Å². The highest BCUT2D eigenvalue weighted by atomic mass is 19.4. The van der Waals surface area contributed by atoms with Gasteiger partial charge in [-0.1, -0.05) is 0 Å². The molecule has 0 saturated carbocycles. The topological polar surface area (TPSA) is 166 Å². The van der Waals surface area contributed by atoms with Crippen molar-refractivity contribution in [2.75, 3.05) is 26.2 Å². The van der Waals surface area contributed by atoms with E-state index >= 15 is 0 Å². The molecule has 18 heteroatoms. The van der Waals surface area contributed by atoms with Gasteiger partial charge >= 0.3 is 30.2 Å². The van der Waals surface area contributed by atoms with Crippen LogP contribution in [0.25, 0.3) is 0 Å². The van der Waals surface area contributed by atoms with Crippen LogP contribution >= 0.6 is 0 Å². The van der Waals surface area contributed by atoms with Crippen LogP contribution in [-0.2, 0) is 22.7 Å². The van der Waals surface area contributed by atoms with Crippen LogP contribution in [0.1, 0.15) is 45.3 Å². The number of aliphatic carboxylic acids is 2. The molecular formula is C22H23F6N5O7. The maximum absolute atomic E-state index is 12.4. The highest BCUT2D eigenvalue weighted by molar-refractivity contribution is 5.94. The van der Waals surface area contributed by atoms with Crippen molar-refractivity contribution in [3.05, 3.63) is 47.4 Å². The lowest BCUT2D eigenvalue weighted by atomic mass is 10.2. The van der Waals surface area contributed by atoms with Crippen LogP contribution in [0.15, 0.2) is 28.9 Å². The lowest BCUT2D eigenvalue weighted by Gasteiger charge is -2.15. The molecule has 2 amide bonds. The number of hydrogen-bond donors (Lipinski definition) is 3. The van der Waals surface area contributed by atoms with Gasteiger partial charge in [-0.15, -0.1) is 0 Å². The van der Waals surface area contributed by atoms with Crippen molar-refractivity contribution in [3.63, 3.8) is 0 Å². The van der Waals surface area contributed by atoms with E-state index in [9.17, 15) is 35.9 Å². The molecule has 0 aliphatic carbocycles. The third kappa shape index (κ3) is 9.83. The monoisotopic (exact) mass is 583 g/mol. The Morgan fingerprint density at radius 2 is 1.55 bits per heavy atom. The van der Waals surface area contributed by atoms with Crippen molar-refractivity contribution in [1.82, 2.24) is 25.1 Å². The molecule has 0 aromatic carbocycles. The van der Waals surface area contributed by atoms with Gasteiger partial charge in [-0.05, 0) is 38.1 Å². The molecule has 4 heterocycles. The van der Waals surface area contributed by atoms with Crippen LogP contribution in [0.4, 0.5) is 26.3 Å². The fourth-order valence-electron chi connectivity index (χ4n) is 3.36. The zero-order valence-corrected chi connectivity index (χ0v) is 20.5. The predicted molar refractivity (Wildman–Crippen MR) is 120 cm³/mol. The summed E-state index contributed by atoms with van der Waals surface area (Å²) in [5, 5.41) is 17.1. The molecule has 40 heavy (non-hydrogen) atoms. The summed E-state index contributed by atoms with van der Waals surface area (Å²) in [5.41, 5.74) is 1.17. The highest BCUT2D eigenvalue weighted by Gasteiger charge is 2.39. The van der Waals surface area contributed by atoms with Crippen molar-refractivity contribution >= 4 is 23.8 Å². The van der Waals surface area contributed by atoms with E-state index in [-0.39, 0.29) is 17.7 Å². The number of nitrogens with one attached hydrogen (secondary N) is 1. The van der Waals surface area contributed by atoms with Gasteiger partial charge < -0.3 is 29.7 Å². The molecule has 1 saturated heterocycles. The van der Waals surface area contributed by atoms with Crippen LogP contribution in [-0.4, -0.2) is 92.3 Å². The van der Waals surface area contributed by atoms with E-state index in [1.54, 1.807) is 23.2 Å². The number of alkyl halides is 6. The Balaban J connectivity index is 0.000000333. The number of carboxylic acids is 2. The fourth-order valence-corrected chi connectivity index (χ4v) is 3.36. The average Bonchev–Trinajstić information content (AvgIpc) is 3.61. The summed E-state index contributed by atoms with van der Waals surface area (Å²) in [6.45, 7) is 4.29. The summed E-state index contributed by atoms with van der Waals surface area (Å²) in [4.78, 5) is 54.6. The standard InChI is InChI=1S/C18H21N5O3.2C2HF3O2/c24-16(20-6-9-22-7-1-2-8-22)17-21-14-11-23(12-15(14)26-17)18(25)13-4-3-5-19-10-13;2*3-2(4,5)1(6)7/h3-5,10H,1-2,6-9,11-12H2,(H,20,24);2*(H,6,7). The second kappa shape index (κ2) is 13.7. The number of aromatic nitrogens is 2. The number of likely N-dealkylation sites (tertiary alicyclic amines) is 1. The normalized spacial score (nSPS) is 14.8. The van der Waals surface area contributed by atoms with Crippen molar-refractivity contribution < 1.29 is 60.2 Å². The molecule has 3 N–H and O–H groups in total. The summed E-state index contributed by atoms with van der Waals surface area (Å²) >= 11 is 0. The predicted octanol–water partition coefficient (Wildman–Crippen LogP) is 2.32. The molecule has 0 atom stereocenters. The minimum atomic E-state index is -5.08. The van der Waals surface area contributed by atoms with Crippen LogP contribution in [0, 0.1) is 0 Å². The van der Waals surface area contributed by atoms with Gasteiger partial charge in [-0.3, -0.25) is 14.6 Å². The van der Waals surface area contributed by atoms with Crippen LogP contribution in [0.5, 0.6) is 0 Å². The minimum absolute atomic E-state index is 0.0740. The second-order valence-corrected chi connectivity index (χ2v) is 8.20. The number of rotatable bonds is 5. The molecule has 0 spiro atoms. The van der Waals surface area contributed by atoms with Gasteiger partial charge in [0, 0.05) is 25.5 Å². The quantitative estimate of drug-likeness (QED) is 0.445. The maximum Gasteiger partial charge on any atom is 0.490 e. The third-order valence-corrected chi connectivity index (χ3v) is 5.24. The molecule has 0 bridgehead atoms. The molecule has 12 nitrogen and oxygen atoms in total. The van der Waals surface area contributed by atoms with E-state index in [4.69, 9.17) is 24.2 Å². The Hall–Kier alpha value is -4.22. The fraction of sp³-hybridized carbons (Fsp3) is 0.455. The summed E-state index contributed by atoms with van der Waals surface area (Å²) in [5.74, 6) is -5.29. The molecule has 2 aliphatic heterocycles. The smallest absolute Gasteiger partial charge is 0.475 e. The SMILES string of the molecule is O=C(NCCN1CCCC1)c1nc2c(o1)CN(C(=O)c1cccnc1)C2.O=C(O)C(F)(F)F.O=C(O)C(F)(F)F. The van der Waals surface area contributed by atoms with Crippen LogP contribution in [0.2, 0.25) is 0 Å². The zero-order valence-electron chi connectivity index (χ0n) is 20.5. The first-order valence-corrected chi connectivity index (χ1v) is 11.4. The van der Waals surface area contributed by atoms with E-state index in [2.05, 4.69) is 20.2 Å². The number of carbonyl (C=O) groups is 4. The van der Waals surface area contributed by atoms with Gasteiger partial charge in [0.25, 0.3) is 11.8 Å². The van der Waals surface area contributed by atoms with E-state index in [1.165, 1.54) is 19.0 Å². The minimum Gasteiger partial charge on any atom is -0.475 e. The third-order valence-electron chi connectivity index (χ3n) is 5.24. The van der Waals surface area contributed by atoms with Gasteiger partial charge in [0.1, 0.15) is 11.5 Å². The molecule has 4 rings (SSSR count). The van der Waals surface area contributed by atoms with Crippen molar-refractivity contribution in [2.24, 2.45) is 0 Å². The summed E-state index contributed by atoms with van der Waals surface area (Å²) < 4.78 is 69.1. The summed E-state index contributed by atoms with van der Waals surface area (Å²) in [7, 11) is 0. The lowest BCUT2D eigenvalue weighted by molar-refractivity contribution is -0.193. The van der Waals surface area contributed by atoms with Gasteiger partial charge in [0.05, 0.1) is 18.7 Å². The number of pyridine rings is 1. The molecular weight excluding hydrogens is 560 g/mol. The van der Waals surface area contributed by atoms with Gasteiger partial charge in [-0.25, -0.2) is 14.6 Å². The first-order chi connectivity index (χ1) is 18.6. The second-order valence-electron chi connectivity index (χ2n) is 8.20. The van der Waals surface area contributed by atoms with Crippen molar-refractivity contribution in [3.8, 4) is 0 Å². The molecule has 2 aromatic rings. The number of nitrogens with zero attached hydrogens (tertiary/aromatic N) is 4. The Bertz CT molecular complexity index is 1130. The highest BCUT2D eigenvalue weighted by Crippen LogP contribution is 2.25. The number of amides is 2. The number of halogens is 6. The molecule has 0 radical (unpaired) electrons. The molecule has 0 unspecified atom stereocenters. The Morgan fingerprint density at radius 3 is 2.02 bits per heavy atom. The summed E-state index contributed by atoms with van der Waals surface area (Å²) in [6.07, 6.45) is -4.54. The summed E-state index contributed by atoms with van der Waals surface area (Å²) in [6, 6.07) is 3.45. The van der Waals surface area contributed by atoms with Crippen molar-refractivity contribution in [1.29, 1.82) is 0 Å². The number of carboxylic acid groups (broad SMARTS) is 2. The maximum atomic E-state index is 12.4. The molecule has 2 aromatic heterocycles. The average molecular weight is 583 g/mol. The van der Waals surface area contributed by atoms with Gasteiger partial charge in [-0.2, -0.15) is 26.3 Å². The van der Waals surface area contributed by atoms with E-state index in [0.29, 0.717) is 36.7 Å². The molecule has 1 fully saturated rings. The zero-order chi connectivity index (χ0) is 30.1. The van der Waals surface area contributed by atoms with E-state index in [1.807, 2.05) is 0 Å². The van der Waals surface area contributed by atoms with E-state index in [0.717, 1.165) is 19.6 Å².